The molecule has 0 saturated carbocycles. The fraction of sp³-hybridized carbons (Fsp3) is 0.261. The van der Waals surface area contributed by atoms with Crippen molar-refractivity contribution in [2.45, 2.75) is 19.3 Å². The topological polar surface area (TPSA) is 131 Å². The molecule has 5 heterocycles. The Kier molecular flexibility index (Phi) is 5.46. The summed E-state index contributed by atoms with van der Waals surface area (Å²) in [7, 11) is 3.61. The Hall–Kier alpha value is -4.25. The molecule has 0 saturated heterocycles. The molecule has 0 radical (unpaired) electrons. The van der Waals surface area contributed by atoms with Gasteiger partial charge in [-0.15, -0.1) is 0 Å². The van der Waals surface area contributed by atoms with Gasteiger partial charge in [-0.3, -0.25) is 9.08 Å². The van der Waals surface area contributed by atoms with Crippen molar-refractivity contribution in [3.05, 3.63) is 55.1 Å². The molecule has 0 bridgehead atoms. The third kappa shape index (κ3) is 3.86. The van der Waals surface area contributed by atoms with Crippen molar-refractivity contribution in [2.24, 2.45) is 14.1 Å². The van der Waals surface area contributed by atoms with Gasteiger partial charge >= 0.3 is 0 Å². The number of aryl methyl sites for hydroxylation is 2. The highest BCUT2D eigenvalue weighted by Crippen LogP contribution is 2.30. The number of nitrogens with one attached hydrogen (secondary N) is 1. The van der Waals surface area contributed by atoms with Gasteiger partial charge in [0.1, 0.15) is 23.2 Å². The number of fused-ring (bicyclic) bond motifs is 1. The van der Waals surface area contributed by atoms with Crippen LogP contribution in [0.4, 0.5) is 11.6 Å². The van der Waals surface area contributed by atoms with Gasteiger partial charge in [0, 0.05) is 50.8 Å². The highest BCUT2D eigenvalue weighted by molar-refractivity contribution is 5.77. The van der Waals surface area contributed by atoms with Crippen LogP contribution in [0.3, 0.4) is 0 Å². The van der Waals surface area contributed by atoms with Crippen LogP contribution in [0, 0.1) is 0 Å². The average molecular weight is 460 g/mol. The first-order valence-electron chi connectivity index (χ1n) is 10.9. The van der Waals surface area contributed by atoms with Gasteiger partial charge in [-0.2, -0.15) is 5.10 Å². The SMILES string of the molecule is C[C@@H](CCO)c1nc(-c2cnn(C)c2)c2cnc(Nc3ccnc(-c4ccn(C)c4O)n3)cn12. The Morgan fingerprint density at radius 3 is 2.62 bits per heavy atom. The summed E-state index contributed by atoms with van der Waals surface area (Å²) in [6.07, 6.45) is 11.3. The Balaban J connectivity index is 1.53. The lowest BCUT2D eigenvalue weighted by Crippen LogP contribution is -2.05. The highest BCUT2D eigenvalue weighted by atomic mass is 16.3. The monoisotopic (exact) mass is 459 g/mol. The summed E-state index contributed by atoms with van der Waals surface area (Å²) in [5.74, 6) is 2.47. The number of aromatic nitrogens is 8. The van der Waals surface area contributed by atoms with Crippen molar-refractivity contribution in [3.63, 3.8) is 0 Å². The van der Waals surface area contributed by atoms with E-state index in [-0.39, 0.29) is 18.4 Å². The number of aromatic hydroxyl groups is 1. The second-order valence-corrected chi connectivity index (χ2v) is 8.22. The predicted molar refractivity (Wildman–Crippen MR) is 127 cm³/mol. The molecule has 0 aliphatic rings. The number of aliphatic hydroxyl groups is 1. The van der Waals surface area contributed by atoms with E-state index in [9.17, 15) is 10.2 Å². The molecule has 5 rings (SSSR count). The summed E-state index contributed by atoms with van der Waals surface area (Å²) in [6, 6.07) is 3.50. The first kappa shape index (κ1) is 21.6. The zero-order chi connectivity index (χ0) is 23.8. The first-order valence-corrected chi connectivity index (χ1v) is 10.9. The van der Waals surface area contributed by atoms with E-state index in [0.717, 1.165) is 22.6 Å². The van der Waals surface area contributed by atoms with E-state index in [4.69, 9.17) is 4.98 Å². The molecule has 0 amide bonds. The Morgan fingerprint density at radius 1 is 1.06 bits per heavy atom. The lowest BCUT2D eigenvalue weighted by atomic mass is 10.1. The first-order chi connectivity index (χ1) is 16.4. The Morgan fingerprint density at radius 2 is 1.91 bits per heavy atom. The van der Waals surface area contributed by atoms with Crippen LogP contribution < -0.4 is 5.32 Å². The number of hydrogen-bond donors (Lipinski definition) is 3. The van der Waals surface area contributed by atoms with Gasteiger partial charge in [0.2, 0.25) is 5.88 Å². The smallest absolute Gasteiger partial charge is 0.202 e. The van der Waals surface area contributed by atoms with Crippen molar-refractivity contribution < 1.29 is 10.2 Å². The Labute approximate surface area is 195 Å². The van der Waals surface area contributed by atoms with Gasteiger partial charge < -0.3 is 20.1 Å². The molecule has 34 heavy (non-hydrogen) atoms. The number of hydrogen-bond acceptors (Lipinski definition) is 8. The maximum absolute atomic E-state index is 10.2. The molecule has 0 unspecified atom stereocenters. The third-order valence-electron chi connectivity index (χ3n) is 5.73. The largest absolute Gasteiger partial charge is 0.494 e. The van der Waals surface area contributed by atoms with Crippen LogP contribution in [-0.4, -0.2) is 55.5 Å². The number of imidazole rings is 1. The van der Waals surface area contributed by atoms with E-state index in [1.165, 1.54) is 0 Å². The van der Waals surface area contributed by atoms with Crippen LogP contribution in [0.1, 0.15) is 25.1 Å². The summed E-state index contributed by atoms with van der Waals surface area (Å²) in [5.41, 5.74) is 3.07. The molecule has 0 aromatic carbocycles. The van der Waals surface area contributed by atoms with Gasteiger partial charge in [0.25, 0.3) is 0 Å². The molecule has 1 atom stereocenters. The second-order valence-electron chi connectivity index (χ2n) is 8.22. The zero-order valence-electron chi connectivity index (χ0n) is 19.1. The molecule has 5 aromatic rings. The predicted octanol–water partition coefficient (Wildman–Crippen LogP) is 2.86. The summed E-state index contributed by atoms with van der Waals surface area (Å²) in [5, 5.41) is 27.2. The van der Waals surface area contributed by atoms with E-state index >= 15 is 0 Å². The van der Waals surface area contributed by atoms with Crippen molar-refractivity contribution in [1.29, 1.82) is 0 Å². The average Bonchev–Trinajstić information content (AvgIpc) is 3.51. The van der Waals surface area contributed by atoms with E-state index in [1.807, 2.05) is 30.8 Å². The van der Waals surface area contributed by atoms with Crippen LogP contribution in [0.2, 0.25) is 0 Å². The molecule has 0 aliphatic carbocycles. The molecule has 5 aromatic heterocycles. The Bertz CT molecular complexity index is 1470. The molecule has 0 spiro atoms. The van der Waals surface area contributed by atoms with Gasteiger partial charge in [0.15, 0.2) is 5.82 Å². The van der Waals surface area contributed by atoms with Gasteiger partial charge in [-0.25, -0.2) is 19.9 Å². The van der Waals surface area contributed by atoms with Crippen LogP contribution in [0.5, 0.6) is 5.88 Å². The van der Waals surface area contributed by atoms with E-state index in [0.29, 0.717) is 29.4 Å². The second kappa shape index (κ2) is 8.60. The zero-order valence-corrected chi connectivity index (χ0v) is 19.1. The fourth-order valence-corrected chi connectivity index (χ4v) is 3.88. The lowest BCUT2D eigenvalue weighted by Gasteiger charge is -2.10. The van der Waals surface area contributed by atoms with Crippen LogP contribution in [0.25, 0.3) is 28.2 Å². The molecule has 0 aliphatic heterocycles. The quantitative estimate of drug-likeness (QED) is 0.339. The number of aliphatic hydroxyl groups excluding tert-OH is 1. The lowest BCUT2D eigenvalue weighted by molar-refractivity contribution is 0.276. The van der Waals surface area contributed by atoms with Crippen molar-refractivity contribution in [1.82, 2.24) is 38.7 Å². The van der Waals surface area contributed by atoms with Gasteiger partial charge in [-0.1, -0.05) is 6.92 Å². The molecule has 11 nitrogen and oxygen atoms in total. The molecule has 0 fully saturated rings. The van der Waals surface area contributed by atoms with Crippen molar-refractivity contribution in [2.75, 3.05) is 11.9 Å². The minimum Gasteiger partial charge on any atom is -0.494 e. The van der Waals surface area contributed by atoms with Gasteiger partial charge in [-0.05, 0) is 18.6 Å². The maximum Gasteiger partial charge on any atom is 0.202 e. The maximum atomic E-state index is 10.2. The van der Waals surface area contributed by atoms with Crippen molar-refractivity contribution >= 4 is 17.2 Å². The molecular formula is C23H25N9O2. The molecular weight excluding hydrogens is 434 g/mol. The standard InChI is InChI=1S/C23H25N9O2/c1-14(6-9-33)22-29-20(15-10-26-31(3)12-15)17-11-25-19(13-32(17)22)27-18-4-7-24-21(28-18)16-5-8-30(2)23(16)34/h4-5,7-8,10-14,33-34H,6,9H2,1-3H3,(H,24,27,28)/t14-/m0/s1. The van der Waals surface area contributed by atoms with E-state index < -0.39 is 0 Å². The van der Waals surface area contributed by atoms with Gasteiger partial charge in [0.05, 0.1) is 29.7 Å². The van der Waals surface area contributed by atoms with Crippen LogP contribution in [0.15, 0.2) is 49.3 Å². The summed E-state index contributed by atoms with van der Waals surface area (Å²) >= 11 is 0. The van der Waals surface area contributed by atoms with E-state index in [2.05, 4.69) is 25.4 Å². The summed E-state index contributed by atoms with van der Waals surface area (Å²) in [4.78, 5) is 18.3. The number of anilines is 2. The van der Waals surface area contributed by atoms with Crippen LogP contribution >= 0.6 is 0 Å². The summed E-state index contributed by atoms with van der Waals surface area (Å²) in [6.45, 7) is 2.11. The third-order valence-corrected chi connectivity index (χ3v) is 5.73. The number of nitrogens with zero attached hydrogens (tertiary/aromatic N) is 8. The van der Waals surface area contributed by atoms with Crippen LogP contribution in [-0.2, 0) is 14.1 Å². The minimum absolute atomic E-state index is 0.0323. The highest BCUT2D eigenvalue weighted by Gasteiger charge is 2.19. The fourth-order valence-electron chi connectivity index (χ4n) is 3.88. The molecule has 174 valence electrons. The summed E-state index contributed by atoms with van der Waals surface area (Å²) < 4.78 is 5.32. The van der Waals surface area contributed by atoms with E-state index in [1.54, 1.807) is 53.2 Å². The molecule has 3 N–H and O–H groups in total. The minimum atomic E-state index is 0.0323. The molecule has 11 heteroatoms. The number of rotatable bonds is 7. The normalized spacial score (nSPS) is 12.4. The van der Waals surface area contributed by atoms with Crippen molar-refractivity contribution in [3.8, 4) is 28.5 Å².